The SMILES string of the molecule is Nc1ccc(OCCCSCc2ccco2)cc1. The van der Waals surface area contributed by atoms with Crippen molar-refractivity contribution >= 4 is 17.4 Å². The Labute approximate surface area is 111 Å². The van der Waals surface area contributed by atoms with Crippen molar-refractivity contribution < 1.29 is 9.15 Å². The Hall–Kier alpha value is -1.55. The molecule has 0 aliphatic heterocycles. The number of hydrogen-bond donors (Lipinski definition) is 1. The van der Waals surface area contributed by atoms with Gasteiger partial charge >= 0.3 is 0 Å². The van der Waals surface area contributed by atoms with Gasteiger partial charge < -0.3 is 14.9 Å². The average Bonchev–Trinajstić information content (AvgIpc) is 2.89. The molecule has 0 radical (unpaired) electrons. The molecule has 0 unspecified atom stereocenters. The first kappa shape index (κ1) is 12.9. The van der Waals surface area contributed by atoms with Gasteiger partial charge in [0.25, 0.3) is 0 Å². The molecule has 0 fully saturated rings. The minimum atomic E-state index is 0.731. The molecule has 2 rings (SSSR count). The van der Waals surface area contributed by atoms with Gasteiger partial charge in [-0.3, -0.25) is 0 Å². The van der Waals surface area contributed by atoms with Crippen LogP contribution in [-0.4, -0.2) is 12.4 Å². The monoisotopic (exact) mass is 263 g/mol. The summed E-state index contributed by atoms with van der Waals surface area (Å²) >= 11 is 1.85. The van der Waals surface area contributed by atoms with Gasteiger partial charge in [-0.1, -0.05) is 0 Å². The van der Waals surface area contributed by atoms with Crippen molar-refractivity contribution in [2.24, 2.45) is 0 Å². The molecule has 2 aromatic rings. The molecule has 0 spiro atoms. The third-order valence-electron chi connectivity index (χ3n) is 2.41. The molecule has 3 nitrogen and oxygen atoms in total. The van der Waals surface area contributed by atoms with Crippen LogP contribution in [0.1, 0.15) is 12.2 Å². The highest BCUT2D eigenvalue weighted by atomic mass is 32.2. The van der Waals surface area contributed by atoms with E-state index in [4.69, 9.17) is 14.9 Å². The van der Waals surface area contributed by atoms with Crippen molar-refractivity contribution in [2.75, 3.05) is 18.1 Å². The highest BCUT2D eigenvalue weighted by molar-refractivity contribution is 7.98. The van der Waals surface area contributed by atoms with E-state index in [1.807, 2.05) is 48.2 Å². The van der Waals surface area contributed by atoms with Crippen molar-refractivity contribution in [2.45, 2.75) is 12.2 Å². The fourth-order valence-corrected chi connectivity index (χ4v) is 2.31. The van der Waals surface area contributed by atoms with Gasteiger partial charge in [-0.15, -0.1) is 0 Å². The molecular weight excluding hydrogens is 246 g/mol. The molecule has 0 saturated carbocycles. The Kier molecular flexibility index (Phi) is 5.02. The number of nitrogens with two attached hydrogens (primary N) is 1. The van der Waals surface area contributed by atoms with Gasteiger partial charge in [0.2, 0.25) is 0 Å². The first-order valence-corrected chi connectivity index (χ1v) is 7.08. The number of hydrogen-bond acceptors (Lipinski definition) is 4. The lowest BCUT2D eigenvalue weighted by molar-refractivity contribution is 0.319. The molecule has 4 heteroatoms. The van der Waals surface area contributed by atoms with Crippen LogP contribution < -0.4 is 10.5 Å². The number of benzene rings is 1. The topological polar surface area (TPSA) is 48.4 Å². The van der Waals surface area contributed by atoms with Crippen molar-refractivity contribution in [3.05, 3.63) is 48.4 Å². The molecule has 96 valence electrons. The van der Waals surface area contributed by atoms with Crippen molar-refractivity contribution in [3.8, 4) is 5.75 Å². The van der Waals surface area contributed by atoms with Crippen molar-refractivity contribution in [1.82, 2.24) is 0 Å². The first-order chi connectivity index (χ1) is 8.84. The zero-order valence-electron chi connectivity index (χ0n) is 10.2. The van der Waals surface area contributed by atoms with E-state index in [-0.39, 0.29) is 0 Å². The zero-order valence-corrected chi connectivity index (χ0v) is 11.0. The maximum absolute atomic E-state index is 5.61. The normalized spacial score (nSPS) is 10.4. The van der Waals surface area contributed by atoms with Gasteiger partial charge in [0, 0.05) is 5.69 Å². The third-order valence-corrected chi connectivity index (χ3v) is 3.47. The number of ether oxygens (including phenoxy) is 1. The Morgan fingerprint density at radius 3 is 2.72 bits per heavy atom. The number of rotatable bonds is 7. The van der Waals surface area contributed by atoms with Gasteiger partial charge in [-0.2, -0.15) is 11.8 Å². The van der Waals surface area contributed by atoms with Gasteiger partial charge in [0.1, 0.15) is 11.5 Å². The van der Waals surface area contributed by atoms with Crippen molar-refractivity contribution in [3.63, 3.8) is 0 Å². The number of thioether (sulfide) groups is 1. The Morgan fingerprint density at radius 1 is 1.17 bits per heavy atom. The van der Waals surface area contributed by atoms with Crippen molar-refractivity contribution in [1.29, 1.82) is 0 Å². The number of nitrogen functional groups attached to an aromatic ring is 1. The molecule has 0 amide bonds. The first-order valence-electron chi connectivity index (χ1n) is 5.93. The fraction of sp³-hybridized carbons (Fsp3) is 0.286. The lowest BCUT2D eigenvalue weighted by Gasteiger charge is -2.05. The molecule has 0 bridgehead atoms. The van der Waals surface area contributed by atoms with Crippen LogP contribution in [0.25, 0.3) is 0 Å². The predicted molar refractivity (Wildman–Crippen MR) is 75.8 cm³/mol. The molecule has 18 heavy (non-hydrogen) atoms. The van der Waals surface area contributed by atoms with Gasteiger partial charge in [0.15, 0.2) is 0 Å². The summed E-state index contributed by atoms with van der Waals surface area (Å²) in [5, 5.41) is 0. The van der Waals surface area contributed by atoms with Crippen LogP contribution in [0.3, 0.4) is 0 Å². The van der Waals surface area contributed by atoms with Gasteiger partial charge in [-0.25, -0.2) is 0 Å². The van der Waals surface area contributed by atoms with Crippen LogP contribution in [0.5, 0.6) is 5.75 Å². The van der Waals surface area contributed by atoms with Crippen LogP contribution >= 0.6 is 11.8 Å². The highest BCUT2D eigenvalue weighted by Crippen LogP contribution is 2.15. The van der Waals surface area contributed by atoms with Crippen LogP contribution in [-0.2, 0) is 5.75 Å². The molecule has 2 N–H and O–H groups in total. The summed E-state index contributed by atoms with van der Waals surface area (Å²) in [5.41, 5.74) is 6.36. The smallest absolute Gasteiger partial charge is 0.119 e. The molecule has 0 atom stereocenters. The van der Waals surface area contributed by atoms with E-state index < -0.39 is 0 Å². The maximum atomic E-state index is 5.61. The summed E-state index contributed by atoms with van der Waals surface area (Å²) < 4.78 is 10.9. The van der Waals surface area contributed by atoms with E-state index in [9.17, 15) is 0 Å². The second kappa shape index (κ2) is 7.01. The van der Waals surface area contributed by atoms with E-state index in [1.54, 1.807) is 6.26 Å². The highest BCUT2D eigenvalue weighted by Gasteiger charge is 1.97. The molecular formula is C14H17NO2S. The van der Waals surface area contributed by atoms with E-state index >= 15 is 0 Å². The molecule has 0 aliphatic rings. The Balaban J connectivity index is 1.55. The summed E-state index contributed by atoms with van der Waals surface area (Å²) in [6, 6.07) is 11.4. The maximum Gasteiger partial charge on any atom is 0.119 e. The number of furan rings is 1. The van der Waals surface area contributed by atoms with E-state index in [0.717, 1.165) is 41.7 Å². The molecule has 1 aromatic heterocycles. The number of anilines is 1. The van der Waals surface area contributed by atoms with Crippen LogP contribution in [0.2, 0.25) is 0 Å². The van der Waals surface area contributed by atoms with Crippen LogP contribution in [0, 0.1) is 0 Å². The van der Waals surface area contributed by atoms with E-state index in [2.05, 4.69) is 0 Å². The van der Waals surface area contributed by atoms with Crippen LogP contribution in [0.15, 0.2) is 47.1 Å². The summed E-state index contributed by atoms with van der Waals surface area (Å²) in [7, 11) is 0. The molecule has 0 saturated heterocycles. The zero-order chi connectivity index (χ0) is 12.6. The molecule has 1 heterocycles. The Morgan fingerprint density at radius 2 is 2.00 bits per heavy atom. The van der Waals surface area contributed by atoms with Gasteiger partial charge in [0.05, 0.1) is 18.6 Å². The second-order valence-corrected chi connectivity index (χ2v) is 5.01. The third kappa shape index (κ3) is 4.37. The largest absolute Gasteiger partial charge is 0.494 e. The van der Waals surface area contributed by atoms with E-state index in [1.165, 1.54) is 0 Å². The van der Waals surface area contributed by atoms with Gasteiger partial charge in [-0.05, 0) is 48.6 Å². The fourth-order valence-electron chi connectivity index (χ4n) is 1.48. The lowest BCUT2D eigenvalue weighted by Crippen LogP contribution is -1.99. The predicted octanol–water partition coefficient (Wildman–Crippen LogP) is 3.56. The average molecular weight is 263 g/mol. The summed E-state index contributed by atoms with van der Waals surface area (Å²) in [6.45, 7) is 0.731. The summed E-state index contributed by atoms with van der Waals surface area (Å²) in [6.07, 6.45) is 2.73. The quantitative estimate of drug-likeness (QED) is 0.613. The summed E-state index contributed by atoms with van der Waals surface area (Å²) in [5.74, 6) is 3.89. The minimum Gasteiger partial charge on any atom is -0.494 e. The molecule has 0 aliphatic carbocycles. The van der Waals surface area contributed by atoms with Crippen LogP contribution in [0.4, 0.5) is 5.69 Å². The Bertz CT molecular complexity index is 439. The summed E-state index contributed by atoms with van der Waals surface area (Å²) in [4.78, 5) is 0. The van der Waals surface area contributed by atoms with E-state index in [0.29, 0.717) is 0 Å². The second-order valence-electron chi connectivity index (χ2n) is 3.90. The standard InChI is InChI=1S/C14H17NO2S/c15-12-4-6-13(7-5-12)16-9-2-10-18-11-14-3-1-8-17-14/h1,3-8H,2,9-11,15H2. The molecule has 1 aromatic carbocycles. The lowest BCUT2D eigenvalue weighted by atomic mass is 10.3. The minimum absolute atomic E-state index is 0.731.